The molecular formula is C15H18N4O2. The van der Waals surface area contributed by atoms with Crippen LogP contribution in [0.2, 0.25) is 0 Å². The summed E-state index contributed by atoms with van der Waals surface area (Å²) in [6.45, 7) is 2.00. The molecule has 1 aliphatic rings. The number of carbonyl (C=O) groups excluding carboxylic acids is 2. The molecule has 0 aliphatic carbocycles. The number of hydrogen-bond acceptors (Lipinski definition) is 4. The van der Waals surface area contributed by atoms with E-state index in [2.05, 4.69) is 4.98 Å². The molecule has 1 aliphatic heterocycles. The second-order valence-electron chi connectivity index (χ2n) is 5.35. The Kier molecular flexibility index (Phi) is 3.25. The van der Waals surface area contributed by atoms with E-state index in [-0.39, 0.29) is 18.2 Å². The molecule has 1 aromatic carbocycles. The van der Waals surface area contributed by atoms with Crippen molar-refractivity contribution < 1.29 is 9.59 Å². The molecule has 3 rings (SSSR count). The lowest BCUT2D eigenvalue weighted by Crippen LogP contribution is -2.42. The first-order valence-electron chi connectivity index (χ1n) is 7.04. The van der Waals surface area contributed by atoms with Gasteiger partial charge in [0.25, 0.3) is 5.91 Å². The van der Waals surface area contributed by atoms with Crippen molar-refractivity contribution in [2.45, 2.75) is 25.8 Å². The number of imide groups is 1. The Balaban J connectivity index is 2.13. The zero-order valence-corrected chi connectivity index (χ0v) is 12.4. The Morgan fingerprint density at radius 3 is 2.62 bits per heavy atom. The average Bonchev–Trinajstić information content (AvgIpc) is 2.95. The fourth-order valence-corrected chi connectivity index (χ4v) is 2.92. The summed E-state index contributed by atoms with van der Waals surface area (Å²) in [7, 11) is 3.40. The second-order valence-corrected chi connectivity index (χ2v) is 5.35. The van der Waals surface area contributed by atoms with Crippen LogP contribution >= 0.6 is 0 Å². The molecule has 6 nitrogen and oxygen atoms in total. The van der Waals surface area contributed by atoms with E-state index in [0.717, 1.165) is 16.9 Å². The zero-order chi connectivity index (χ0) is 15.1. The molecule has 0 bridgehead atoms. The summed E-state index contributed by atoms with van der Waals surface area (Å²) in [5.74, 6) is 0.473. The van der Waals surface area contributed by atoms with Crippen molar-refractivity contribution in [3.8, 4) is 0 Å². The van der Waals surface area contributed by atoms with Crippen molar-refractivity contribution in [1.29, 1.82) is 0 Å². The normalized spacial score (nSPS) is 19.2. The van der Waals surface area contributed by atoms with E-state index in [9.17, 15) is 9.59 Å². The fraction of sp³-hybridized carbons (Fsp3) is 0.400. The van der Waals surface area contributed by atoms with E-state index in [0.29, 0.717) is 6.42 Å². The summed E-state index contributed by atoms with van der Waals surface area (Å²) < 4.78 is 1.92. The van der Waals surface area contributed by atoms with Crippen molar-refractivity contribution in [2.24, 2.45) is 0 Å². The van der Waals surface area contributed by atoms with Gasteiger partial charge in [-0.1, -0.05) is 19.1 Å². The van der Waals surface area contributed by atoms with Gasteiger partial charge in [0.05, 0.1) is 17.5 Å². The van der Waals surface area contributed by atoms with E-state index >= 15 is 0 Å². The van der Waals surface area contributed by atoms with Crippen LogP contribution in [0.3, 0.4) is 0 Å². The van der Waals surface area contributed by atoms with E-state index in [1.165, 1.54) is 10.0 Å². The van der Waals surface area contributed by atoms with Gasteiger partial charge in [0.2, 0.25) is 5.91 Å². The number of fused-ring (bicyclic) bond motifs is 1. The molecule has 1 unspecified atom stereocenters. The van der Waals surface area contributed by atoms with Crippen molar-refractivity contribution in [1.82, 2.24) is 19.6 Å². The third-order valence-electron chi connectivity index (χ3n) is 3.79. The predicted molar refractivity (Wildman–Crippen MR) is 78.3 cm³/mol. The molecule has 0 saturated carbocycles. The summed E-state index contributed by atoms with van der Waals surface area (Å²) >= 11 is 0. The Morgan fingerprint density at radius 2 is 2.00 bits per heavy atom. The summed E-state index contributed by atoms with van der Waals surface area (Å²) in [6, 6.07) is 7.22. The molecule has 1 aromatic heterocycles. The minimum atomic E-state index is -0.498. The number of hydrogen-bond donors (Lipinski definition) is 0. The second kappa shape index (κ2) is 4.96. The molecule has 0 spiro atoms. The third-order valence-corrected chi connectivity index (χ3v) is 3.79. The molecular weight excluding hydrogens is 268 g/mol. The maximum atomic E-state index is 12.6. The molecule has 1 saturated heterocycles. The molecule has 2 aromatic rings. The SMILES string of the molecule is CCc1nc2ccccc2n1C1CC(=O)N(N(C)C)C1=O. The first kappa shape index (κ1) is 13.8. The predicted octanol–water partition coefficient (Wildman–Crippen LogP) is 1.38. The van der Waals surface area contributed by atoms with Gasteiger partial charge in [0.1, 0.15) is 11.9 Å². The standard InChI is InChI=1S/C15H18N4O2/c1-4-13-16-10-7-5-6-8-11(10)18(13)12-9-14(20)19(15(12)21)17(2)3/h5-8,12H,4,9H2,1-3H3. The van der Waals surface area contributed by atoms with Crippen LogP contribution < -0.4 is 0 Å². The summed E-state index contributed by atoms with van der Waals surface area (Å²) in [5.41, 5.74) is 1.76. The summed E-state index contributed by atoms with van der Waals surface area (Å²) in [5, 5.41) is 2.74. The van der Waals surface area contributed by atoms with Gasteiger partial charge in [0.15, 0.2) is 0 Å². The molecule has 6 heteroatoms. The van der Waals surface area contributed by atoms with Crippen molar-refractivity contribution in [2.75, 3.05) is 14.1 Å². The highest BCUT2D eigenvalue weighted by Crippen LogP contribution is 2.30. The van der Waals surface area contributed by atoms with Crippen LogP contribution in [0.1, 0.15) is 25.2 Å². The number of hydrazine groups is 1. The highest BCUT2D eigenvalue weighted by molar-refractivity contribution is 6.04. The summed E-state index contributed by atoms with van der Waals surface area (Å²) in [4.78, 5) is 29.3. The highest BCUT2D eigenvalue weighted by Gasteiger charge is 2.42. The Labute approximate surface area is 122 Å². The first-order chi connectivity index (χ1) is 10.0. The highest BCUT2D eigenvalue weighted by atomic mass is 16.2. The molecule has 110 valence electrons. The first-order valence-corrected chi connectivity index (χ1v) is 7.04. The Bertz CT molecular complexity index is 720. The van der Waals surface area contributed by atoms with Crippen molar-refractivity contribution in [3.05, 3.63) is 30.1 Å². The maximum absolute atomic E-state index is 12.6. The van der Waals surface area contributed by atoms with Gasteiger partial charge in [-0.05, 0) is 12.1 Å². The van der Waals surface area contributed by atoms with Crippen LogP contribution in [-0.2, 0) is 16.0 Å². The van der Waals surface area contributed by atoms with Crippen molar-refractivity contribution in [3.63, 3.8) is 0 Å². The Morgan fingerprint density at radius 1 is 1.29 bits per heavy atom. The number of amides is 2. The van der Waals surface area contributed by atoms with Gasteiger partial charge < -0.3 is 4.57 Å². The van der Waals surface area contributed by atoms with Gasteiger partial charge in [-0.25, -0.2) is 15.0 Å². The summed E-state index contributed by atoms with van der Waals surface area (Å²) in [6.07, 6.45) is 0.902. The van der Waals surface area contributed by atoms with Gasteiger partial charge in [-0.2, -0.15) is 0 Å². The quantitative estimate of drug-likeness (QED) is 0.800. The molecule has 2 heterocycles. The fourth-order valence-electron chi connectivity index (χ4n) is 2.92. The minimum absolute atomic E-state index is 0.171. The largest absolute Gasteiger partial charge is 0.315 e. The molecule has 2 amide bonds. The van der Waals surface area contributed by atoms with E-state index in [4.69, 9.17) is 0 Å². The monoisotopic (exact) mass is 286 g/mol. The number of rotatable bonds is 3. The third kappa shape index (κ3) is 2.03. The lowest BCUT2D eigenvalue weighted by atomic mass is 10.2. The van der Waals surface area contributed by atoms with Gasteiger partial charge in [-0.15, -0.1) is 0 Å². The van der Waals surface area contributed by atoms with E-state index in [1.807, 2.05) is 35.8 Å². The lowest BCUT2D eigenvalue weighted by molar-refractivity contribution is -0.153. The molecule has 0 radical (unpaired) electrons. The topological polar surface area (TPSA) is 58.4 Å². The van der Waals surface area contributed by atoms with Gasteiger partial charge >= 0.3 is 0 Å². The number of para-hydroxylation sites is 2. The van der Waals surface area contributed by atoms with Crippen LogP contribution in [0.4, 0.5) is 0 Å². The lowest BCUT2D eigenvalue weighted by Gasteiger charge is -2.22. The number of nitrogens with zero attached hydrogens (tertiary/aromatic N) is 4. The van der Waals surface area contributed by atoms with E-state index < -0.39 is 6.04 Å². The molecule has 1 atom stereocenters. The van der Waals surface area contributed by atoms with Crippen LogP contribution in [0.25, 0.3) is 11.0 Å². The van der Waals surface area contributed by atoms with Crippen LogP contribution in [0.15, 0.2) is 24.3 Å². The average molecular weight is 286 g/mol. The Hall–Kier alpha value is -2.21. The van der Waals surface area contributed by atoms with Crippen LogP contribution in [0.5, 0.6) is 0 Å². The number of aromatic nitrogens is 2. The maximum Gasteiger partial charge on any atom is 0.267 e. The smallest absolute Gasteiger partial charge is 0.267 e. The number of imidazole rings is 1. The number of carbonyl (C=O) groups is 2. The van der Waals surface area contributed by atoms with Gasteiger partial charge in [-0.3, -0.25) is 9.59 Å². The van der Waals surface area contributed by atoms with Crippen LogP contribution in [0, 0.1) is 0 Å². The zero-order valence-electron chi connectivity index (χ0n) is 12.4. The number of aryl methyl sites for hydroxylation is 1. The molecule has 1 fully saturated rings. The minimum Gasteiger partial charge on any atom is -0.315 e. The number of benzene rings is 1. The van der Waals surface area contributed by atoms with E-state index in [1.54, 1.807) is 14.1 Å². The van der Waals surface area contributed by atoms with Crippen LogP contribution in [-0.4, -0.2) is 45.5 Å². The molecule has 0 N–H and O–H groups in total. The van der Waals surface area contributed by atoms with Gasteiger partial charge in [0, 0.05) is 20.5 Å². The molecule has 21 heavy (non-hydrogen) atoms. The van der Waals surface area contributed by atoms with Crippen molar-refractivity contribution >= 4 is 22.8 Å².